The topological polar surface area (TPSA) is 77.4 Å². The number of carbonyl (C=O) groups excluding carboxylic acids is 2. The first kappa shape index (κ1) is 22.1. The first-order chi connectivity index (χ1) is 15.6. The molecule has 1 saturated heterocycles. The van der Waals surface area contributed by atoms with Crippen LogP contribution in [0.3, 0.4) is 0 Å². The normalized spacial score (nSPS) is 18.2. The van der Waals surface area contributed by atoms with Gasteiger partial charge in [-0.3, -0.25) is 9.69 Å². The largest absolute Gasteiger partial charge is 0.460 e. The molecule has 0 N–H and O–H groups in total. The van der Waals surface area contributed by atoms with Crippen LogP contribution in [0.5, 0.6) is 11.5 Å². The van der Waals surface area contributed by atoms with Crippen LogP contribution in [0.4, 0.5) is 0 Å². The minimum atomic E-state index is -0.642. The molecular formula is C24H24N2O5S. The van der Waals surface area contributed by atoms with E-state index in [1.807, 2.05) is 54.6 Å². The number of nitrogens with zero attached hydrogens (tertiary/aromatic N) is 2. The van der Waals surface area contributed by atoms with Gasteiger partial charge in [-0.05, 0) is 36.8 Å². The van der Waals surface area contributed by atoms with Crippen molar-refractivity contribution in [3.63, 3.8) is 0 Å². The van der Waals surface area contributed by atoms with Crippen LogP contribution < -0.4 is 4.74 Å². The van der Waals surface area contributed by atoms with Crippen LogP contribution in [0.1, 0.15) is 24.9 Å². The standard InChI is InChI=1S/C24H24N2O5S/c1-16-21(23(28)30-13-12-29-2)22(26-20(27)11-14-32-24(26)25-16)17-7-6-10-19(15-17)31-18-8-4-3-5-9-18/h3-10,15,22H,11-14H2,1-2H3. The van der Waals surface area contributed by atoms with Gasteiger partial charge in [-0.15, -0.1) is 0 Å². The first-order valence-corrected chi connectivity index (χ1v) is 11.3. The minimum Gasteiger partial charge on any atom is -0.460 e. The monoisotopic (exact) mass is 452 g/mol. The van der Waals surface area contributed by atoms with Crippen molar-refractivity contribution in [2.24, 2.45) is 4.99 Å². The fourth-order valence-corrected chi connectivity index (χ4v) is 4.65. The number of para-hydroxylation sites is 1. The summed E-state index contributed by atoms with van der Waals surface area (Å²) in [5, 5.41) is 0.603. The number of methoxy groups -OCH3 is 1. The lowest BCUT2D eigenvalue weighted by atomic mass is 9.94. The maximum atomic E-state index is 13.0. The zero-order valence-electron chi connectivity index (χ0n) is 17.9. The highest BCUT2D eigenvalue weighted by Gasteiger charge is 2.41. The molecule has 0 saturated carbocycles. The van der Waals surface area contributed by atoms with Gasteiger partial charge in [0.1, 0.15) is 18.1 Å². The van der Waals surface area contributed by atoms with Crippen molar-refractivity contribution in [3.05, 3.63) is 71.4 Å². The van der Waals surface area contributed by atoms with Crippen molar-refractivity contribution in [2.45, 2.75) is 19.4 Å². The summed E-state index contributed by atoms with van der Waals surface area (Å²) in [7, 11) is 1.54. The molecule has 2 aliphatic rings. The van der Waals surface area contributed by atoms with Crippen LogP contribution in [0.2, 0.25) is 0 Å². The Kier molecular flexibility index (Phi) is 6.92. The second-order valence-electron chi connectivity index (χ2n) is 7.27. The highest BCUT2D eigenvalue weighted by Crippen LogP contribution is 2.41. The summed E-state index contributed by atoms with van der Waals surface area (Å²) in [5.74, 6) is 1.39. The Morgan fingerprint density at radius 2 is 1.91 bits per heavy atom. The number of rotatable bonds is 7. The second kappa shape index (κ2) is 10.0. The van der Waals surface area contributed by atoms with Gasteiger partial charge >= 0.3 is 5.97 Å². The van der Waals surface area contributed by atoms with Crippen LogP contribution in [-0.4, -0.2) is 48.0 Å². The average molecular weight is 453 g/mol. The molecule has 166 valence electrons. The molecular weight excluding hydrogens is 428 g/mol. The SMILES string of the molecule is COCCOC(=O)C1=C(C)N=C2SCCC(=O)N2C1c1cccc(Oc2ccccc2)c1. The Labute approximate surface area is 191 Å². The molecule has 0 aromatic heterocycles. The molecule has 0 aliphatic carbocycles. The number of thioether (sulfide) groups is 1. The van der Waals surface area contributed by atoms with Crippen molar-refractivity contribution in [3.8, 4) is 11.5 Å². The minimum absolute atomic E-state index is 0.0726. The molecule has 1 atom stereocenters. The molecule has 32 heavy (non-hydrogen) atoms. The van der Waals surface area contributed by atoms with Gasteiger partial charge in [0.25, 0.3) is 0 Å². The number of ether oxygens (including phenoxy) is 3. The Morgan fingerprint density at radius 1 is 1.12 bits per heavy atom. The summed E-state index contributed by atoms with van der Waals surface area (Å²) in [6.45, 7) is 2.18. The van der Waals surface area contributed by atoms with Crippen LogP contribution >= 0.6 is 11.8 Å². The van der Waals surface area contributed by atoms with Gasteiger partial charge in [0.05, 0.1) is 23.9 Å². The van der Waals surface area contributed by atoms with E-state index in [-0.39, 0.29) is 19.1 Å². The van der Waals surface area contributed by atoms with Crippen molar-refractivity contribution in [1.82, 2.24) is 4.90 Å². The Balaban J connectivity index is 1.72. The van der Waals surface area contributed by atoms with Gasteiger partial charge < -0.3 is 14.2 Å². The summed E-state index contributed by atoms with van der Waals surface area (Å²) >= 11 is 1.51. The van der Waals surface area contributed by atoms with Crippen molar-refractivity contribution >= 4 is 28.8 Å². The number of amidine groups is 1. The molecule has 8 heteroatoms. The lowest BCUT2D eigenvalue weighted by Gasteiger charge is -2.39. The van der Waals surface area contributed by atoms with Crippen LogP contribution in [0.15, 0.2) is 70.9 Å². The van der Waals surface area contributed by atoms with Crippen LogP contribution in [0, 0.1) is 0 Å². The van der Waals surface area contributed by atoms with E-state index in [1.165, 1.54) is 11.8 Å². The molecule has 2 aromatic rings. The van der Waals surface area contributed by atoms with E-state index in [4.69, 9.17) is 14.2 Å². The Hall–Kier alpha value is -3.10. The lowest BCUT2D eigenvalue weighted by Crippen LogP contribution is -2.45. The fraction of sp³-hybridized carbons (Fsp3) is 0.292. The van der Waals surface area contributed by atoms with E-state index >= 15 is 0 Å². The number of fused-ring (bicyclic) bond motifs is 1. The molecule has 2 aromatic carbocycles. The predicted octanol–water partition coefficient (Wildman–Crippen LogP) is 4.32. The zero-order chi connectivity index (χ0) is 22.5. The van der Waals surface area contributed by atoms with Crippen molar-refractivity contribution < 1.29 is 23.8 Å². The number of allylic oxidation sites excluding steroid dienone is 1. The van der Waals surface area contributed by atoms with Gasteiger partial charge in [0.2, 0.25) is 5.91 Å². The molecule has 2 aliphatic heterocycles. The van der Waals surface area contributed by atoms with E-state index in [9.17, 15) is 9.59 Å². The quantitative estimate of drug-likeness (QED) is 0.460. The Bertz CT molecular complexity index is 1070. The van der Waals surface area contributed by atoms with Crippen molar-refractivity contribution in [1.29, 1.82) is 0 Å². The number of carbonyl (C=O) groups is 2. The summed E-state index contributed by atoms with van der Waals surface area (Å²) in [4.78, 5) is 32.1. The summed E-state index contributed by atoms with van der Waals surface area (Å²) in [6.07, 6.45) is 0.380. The van der Waals surface area contributed by atoms with Gasteiger partial charge in [0, 0.05) is 19.3 Å². The number of amides is 1. The third-order valence-corrected chi connectivity index (χ3v) is 6.05. The fourth-order valence-electron chi connectivity index (χ4n) is 3.64. The number of hydrogen-bond acceptors (Lipinski definition) is 7. The van der Waals surface area contributed by atoms with Crippen LogP contribution in [-0.2, 0) is 19.1 Å². The van der Waals surface area contributed by atoms with E-state index in [0.717, 1.165) is 5.56 Å². The van der Waals surface area contributed by atoms with E-state index in [0.29, 0.717) is 40.1 Å². The van der Waals surface area contributed by atoms with Crippen molar-refractivity contribution in [2.75, 3.05) is 26.1 Å². The van der Waals surface area contributed by atoms with Crippen LogP contribution in [0.25, 0.3) is 0 Å². The number of hydrogen-bond donors (Lipinski definition) is 0. The number of aliphatic imine (C=N–C) groups is 1. The van der Waals surface area contributed by atoms with Gasteiger partial charge in [0.15, 0.2) is 5.17 Å². The molecule has 7 nitrogen and oxygen atoms in total. The maximum Gasteiger partial charge on any atom is 0.338 e. The number of esters is 1. The molecule has 0 radical (unpaired) electrons. The molecule has 2 heterocycles. The average Bonchev–Trinajstić information content (AvgIpc) is 2.79. The summed E-state index contributed by atoms with van der Waals surface area (Å²) in [6, 6.07) is 16.2. The second-order valence-corrected chi connectivity index (χ2v) is 8.34. The molecule has 1 amide bonds. The van der Waals surface area contributed by atoms with E-state index in [1.54, 1.807) is 18.9 Å². The molecule has 1 fully saturated rings. The third kappa shape index (κ3) is 4.71. The molecule has 4 rings (SSSR count). The molecule has 0 bridgehead atoms. The first-order valence-electron chi connectivity index (χ1n) is 10.3. The third-order valence-electron chi connectivity index (χ3n) is 5.10. The zero-order valence-corrected chi connectivity index (χ0v) is 18.8. The Morgan fingerprint density at radius 3 is 2.69 bits per heavy atom. The molecule has 1 unspecified atom stereocenters. The highest BCUT2D eigenvalue weighted by atomic mass is 32.2. The number of benzene rings is 2. The lowest BCUT2D eigenvalue weighted by molar-refractivity contribution is -0.141. The van der Waals surface area contributed by atoms with E-state index in [2.05, 4.69) is 4.99 Å². The van der Waals surface area contributed by atoms with Gasteiger partial charge in [-0.1, -0.05) is 42.1 Å². The van der Waals surface area contributed by atoms with E-state index < -0.39 is 12.0 Å². The highest BCUT2D eigenvalue weighted by molar-refractivity contribution is 8.14. The van der Waals surface area contributed by atoms with Gasteiger partial charge in [-0.25, -0.2) is 9.79 Å². The smallest absolute Gasteiger partial charge is 0.338 e. The summed E-state index contributed by atoms with van der Waals surface area (Å²) in [5.41, 5.74) is 1.64. The van der Waals surface area contributed by atoms with Gasteiger partial charge in [-0.2, -0.15) is 0 Å². The predicted molar refractivity (Wildman–Crippen MR) is 123 cm³/mol. The molecule has 0 spiro atoms. The summed E-state index contributed by atoms with van der Waals surface area (Å²) < 4.78 is 16.4. The maximum absolute atomic E-state index is 13.0.